The molecule has 0 atom stereocenters. The summed E-state index contributed by atoms with van der Waals surface area (Å²) in [5, 5.41) is 13.7. The number of pyridine rings is 2. The summed E-state index contributed by atoms with van der Waals surface area (Å²) in [6.07, 6.45) is 3.48. The summed E-state index contributed by atoms with van der Waals surface area (Å²) in [5.74, 6) is 0.393. The van der Waals surface area contributed by atoms with Crippen molar-refractivity contribution < 1.29 is 4.92 Å². The molecule has 19 heavy (non-hydrogen) atoms. The van der Waals surface area contributed by atoms with E-state index in [1.54, 1.807) is 12.4 Å². The summed E-state index contributed by atoms with van der Waals surface area (Å²) in [6.45, 7) is 2.51. The lowest BCUT2D eigenvalue weighted by Crippen LogP contribution is -2.06. The number of rotatable bonds is 4. The topological polar surface area (TPSA) is 107 Å². The second kappa shape index (κ2) is 5.30. The highest BCUT2D eigenvalue weighted by Gasteiger charge is 2.12. The number of hydrogen-bond donors (Lipinski definition) is 2. The zero-order chi connectivity index (χ0) is 13.8. The van der Waals surface area contributed by atoms with Crippen LogP contribution in [0.25, 0.3) is 0 Å². The van der Waals surface area contributed by atoms with Gasteiger partial charge in [0.1, 0.15) is 5.82 Å². The van der Waals surface area contributed by atoms with E-state index in [0.717, 1.165) is 11.1 Å². The number of nitrogens with one attached hydrogen (secondary N) is 1. The molecule has 2 aromatic rings. The SMILES string of the molecule is Cc1ccncc1CNc1ccc([N+](=O)[O-])c(N)n1. The average Bonchev–Trinajstić information content (AvgIpc) is 2.37. The first kappa shape index (κ1) is 12.7. The Bertz CT molecular complexity index is 615. The highest BCUT2D eigenvalue weighted by atomic mass is 16.6. The largest absolute Gasteiger partial charge is 0.378 e. The molecule has 0 bridgehead atoms. The molecule has 0 aromatic carbocycles. The van der Waals surface area contributed by atoms with Gasteiger partial charge in [-0.1, -0.05) is 0 Å². The van der Waals surface area contributed by atoms with E-state index in [2.05, 4.69) is 15.3 Å². The minimum absolute atomic E-state index is 0.0992. The van der Waals surface area contributed by atoms with Crippen molar-refractivity contribution in [1.82, 2.24) is 9.97 Å². The molecule has 2 heterocycles. The summed E-state index contributed by atoms with van der Waals surface area (Å²) in [6, 6.07) is 4.77. The molecule has 0 aliphatic rings. The number of nitrogen functional groups attached to an aromatic ring is 1. The van der Waals surface area contributed by atoms with Crippen molar-refractivity contribution in [3.63, 3.8) is 0 Å². The Balaban J connectivity index is 2.11. The van der Waals surface area contributed by atoms with E-state index < -0.39 is 4.92 Å². The summed E-state index contributed by atoms with van der Waals surface area (Å²) in [4.78, 5) is 18.0. The molecule has 2 rings (SSSR count). The van der Waals surface area contributed by atoms with E-state index in [0.29, 0.717) is 12.4 Å². The molecule has 0 saturated heterocycles. The molecule has 0 radical (unpaired) electrons. The predicted octanol–water partition coefficient (Wildman–Crippen LogP) is 1.89. The van der Waals surface area contributed by atoms with Gasteiger partial charge in [-0.15, -0.1) is 0 Å². The van der Waals surface area contributed by atoms with Crippen molar-refractivity contribution >= 4 is 17.3 Å². The van der Waals surface area contributed by atoms with Crippen LogP contribution in [0.4, 0.5) is 17.3 Å². The van der Waals surface area contributed by atoms with E-state index in [-0.39, 0.29) is 11.5 Å². The van der Waals surface area contributed by atoms with E-state index >= 15 is 0 Å². The Kier molecular flexibility index (Phi) is 3.56. The van der Waals surface area contributed by atoms with Gasteiger partial charge in [-0.3, -0.25) is 15.1 Å². The van der Waals surface area contributed by atoms with Gasteiger partial charge in [-0.25, -0.2) is 4.98 Å². The zero-order valence-corrected chi connectivity index (χ0v) is 10.3. The first-order valence-corrected chi connectivity index (χ1v) is 5.62. The van der Waals surface area contributed by atoms with Crippen LogP contribution in [0.3, 0.4) is 0 Å². The van der Waals surface area contributed by atoms with E-state index in [1.807, 2.05) is 13.0 Å². The Morgan fingerprint density at radius 2 is 2.21 bits per heavy atom. The third-order valence-electron chi connectivity index (χ3n) is 2.71. The lowest BCUT2D eigenvalue weighted by Gasteiger charge is -2.08. The van der Waals surface area contributed by atoms with E-state index in [1.165, 1.54) is 12.1 Å². The molecule has 98 valence electrons. The predicted molar refractivity (Wildman–Crippen MR) is 71.6 cm³/mol. The number of nitrogens with two attached hydrogens (primary N) is 1. The maximum atomic E-state index is 10.6. The first-order chi connectivity index (χ1) is 9.08. The monoisotopic (exact) mass is 259 g/mol. The lowest BCUT2D eigenvalue weighted by atomic mass is 10.1. The minimum Gasteiger partial charge on any atom is -0.378 e. The van der Waals surface area contributed by atoms with Crippen molar-refractivity contribution in [2.45, 2.75) is 13.5 Å². The summed E-state index contributed by atoms with van der Waals surface area (Å²) in [7, 11) is 0. The van der Waals surface area contributed by atoms with Gasteiger partial charge >= 0.3 is 5.69 Å². The molecule has 0 aliphatic heterocycles. The van der Waals surface area contributed by atoms with Crippen LogP contribution in [-0.2, 0) is 6.54 Å². The third kappa shape index (κ3) is 2.95. The van der Waals surface area contributed by atoms with Crippen LogP contribution in [-0.4, -0.2) is 14.9 Å². The first-order valence-electron chi connectivity index (χ1n) is 5.62. The molecule has 0 aliphatic carbocycles. The molecular weight excluding hydrogens is 246 g/mol. The highest BCUT2D eigenvalue weighted by molar-refractivity contribution is 5.57. The fourth-order valence-corrected chi connectivity index (χ4v) is 1.59. The van der Waals surface area contributed by atoms with Crippen LogP contribution < -0.4 is 11.1 Å². The van der Waals surface area contributed by atoms with Gasteiger partial charge in [0.05, 0.1) is 4.92 Å². The van der Waals surface area contributed by atoms with Gasteiger partial charge in [-0.05, 0) is 30.2 Å². The van der Waals surface area contributed by atoms with Gasteiger partial charge in [-0.2, -0.15) is 0 Å². The molecule has 2 aromatic heterocycles. The van der Waals surface area contributed by atoms with Crippen molar-refractivity contribution in [2.24, 2.45) is 0 Å². The van der Waals surface area contributed by atoms with Crippen LogP contribution in [0.2, 0.25) is 0 Å². The number of nitrogens with zero attached hydrogens (tertiary/aromatic N) is 3. The molecule has 0 fully saturated rings. The van der Waals surface area contributed by atoms with Crippen LogP contribution in [0, 0.1) is 17.0 Å². The molecule has 0 saturated carbocycles. The number of aryl methyl sites for hydroxylation is 1. The Morgan fingerprint density at radius 3 is 2.84 bits per heavy atom. The van der Waals surface area contributed by atoms with Crippen molar-refractivity contribution in [3.8, 4) is 0 Å². The fraction of sp³-hybridized carbons (Fsp3) is 0.167. The quantitative estimate of drug-likeness (QED) is 0.641. The van der Waals surface area contributed by atoms with Gasteiger partial charge in [0.25, 0.3) is 0 Å². The molecule has 0 amide bonds. The van der Waals surface area contributed by atoms with Gasteiger partial charge in [0.2, 0.25) is 5.82 Å². The van der Waals surface area contributed by atoms with Gasteiger partial charge in [0.15, 0.2) is 0 Å². The highest BCUT2D eigenvalue weighted by Crippen LogP contribution is 2.21. The zero-order valence-electron chi connectivity index (χ0n) is 10.3. The lowest BCUT2D eigenvalue weighted by molar-refractivity contribution is -0.384. The summed E-state index contributed by atoms with van der Waals surface area (Å²) in [5.41, 5.74) is 7.46. The summed E-state index contributed by atoms with van der Waals surface area (Å²) >= 11 is 0. The second-order valence-electron chi connectivity index (χ2n) is 4.01. The third-order valence-corrected chi connectivity index (χ3v) is 2.71. The smallest absolute Gasteiger partial charge is 0.311 e. The second-order valence-corrected chi connectivity index (χ2v) is 4.01. The number of anilines is 2. The van der Waals surface area contributed by atoms with Crippen LogP contribution in [0.5, 0.6) is 0 Å². The number of nitro groups is 1. The Hall–Kier alpha value is -2.70. The Labute approximate surface area is 109 Å². The van der Waals surface area contributed by atoms with Crippen LogP contribution in [0.1, 0.15) is 11.1 Å². The minimum atomic E-state index is -0.558. The Morgan fingerprint density at radius 1 is 1.42 bits per heavy atom. The molecule has 0 spiro atoms. The van der Waals surface area contributed by atoms with Crippen LogP contribution in [0.15, 0.2) is 30.6 Å². The number of aromatic nitrogens is 2. The normalized spacial score (nSPS) is 10.2. The standard InChI is InChI=1S/C12H13N5O2/c1-8-4-5-14-6-9(8)7-15-11-3-2-10(17(18)19)12(13)16-11/h2-6H,7H2,1H3,(H3,13,15,16). The molecule has 3 N–H and O–H groups in total. The molecule has 0 unspecified atom stereocenters. The van der Waals surface area contributed by atoms with Crippen molar-refractivity contribution in [1.29, 1.82) is 0 Å². The number of hydrogen-bond acceptors (Lipinski definition) is 6. The van der Waals surface area contributed by atoms with Crippen molar-refractivity contribution in [3.05, 3.63) is 51.8 Å². The van der Waals surface area contributed by atoms with E-state index in [9.17, 15) is 10.1 Å². The van der Waals surface area contributed by atoms with Crippen molar-refractivity contribution in [2.75, 3.05) is 11.1 Å². The average molecular weight is 259 g/mol. The molecular formula is C12H13N5O2. The molecule has 7 heteroatoms. The maximum absolute atomic E-state index is 10.6. The van der Waals surface area contributed by atoms with Gasteiger partial charge < -0.3 is 11.1 Å². The summed E-state index contributed by atoms with van der Waals surface area (Å²) < 4.78 is 0. The van der Waals surface area contributed by atoms with Gasteiger partial charge in [0, 0.05) is 25.0 Å². The molecule has 7 nitrogen and oxygen atoms in total. The fourth-order valence-electron chi connectivity index (χ4n) is 1.59. The maximum Gasteiger partial charge on any atom is 0.311 e. The van der Waals surface area contributed by atoms with E-state index in [4.69, 9.17) is 5.73 Å². The van der Waals surface area contributed by atoms with Crippen LogP contribution >= 0.6 is 0 Å².